The standard InChI is InChI=1S/C14H24N2O/c1-10-4-11(2)12(3)16(7-10)8-14-5-13(6-15)9-17-14/h5,9-12H,4,6-8,15H2,1-3H3. The number of nitrogens with zero attached hydrogens (tertiary/aromatic N) is 1. The zero-order valence-corrected chi connectivity index (χ0v) is 11.1. The lowest BCUT2D eigenvalue weighted by molar-refractivity contribution is 0.0668. The van der Waals surface area contributed by atoms with Crippen LogP contribution in [0.4, 0.5) is 0 Å². The van der Waals surface area contributed by atoms with Crippen molar-refractivity contribution in [2.45, 2.75) is 46.3 Å². The Morgan fingerprint density at radius 2 is 2.18 bits per heavy atom. The minimum absolute atomic E-state index is 0.561. The van der Waals surface area contributed by atoms with Crippen LogP contribution in [0.2, 0.25) is 0 Å². The van der Waals surface area contributed by atoms with Gasteiger partial charge in [-0.15, -0.1) is 0 Å². The van der Waals surface area contributed by atoms with Gasteiger partial charge in [0.2, 0.25) is 0 Å². The number of furan rings is 1. The molecule has 1 saturated heterocycles. The fourth-order valence-corrected chi connectivity index (χ4v) is 2.86. The first-order valence-electron chi connectivity index (χ1n) is 6.60. The molecule has 0 bridgehead atoms. The Balaban J connectivity index is 2.01. The van der Waals surface area contributed by atoms with Crippen LogP contribution in [-0.2, 0) is 13.1 Å². The molecule has 1 aliphatic heterocycles. The predicted octanol–water partition coefficient (Wildman–Crippen LogP) is 2.60. The predicted molar refractivity (Wildman–Crippen MR) is 69.4 cm³/mol. The smallest absolute Gasteiger partial charge is 0.118 e. The van der Waals surface area contributed by atoms with Crippen LogP contribution in [0.3, 0.4) is 0 Å². The number of nitrogens with two attached hydrogens (primary N) is 1. The van der Waals surface area contributed by atoms with E-state index in [0.29, 0.717) is 12.6 Å². The van der Waals surface area contributed by atoms with Gasteiger partial charge in [0.05, 0.1) is 12.8 Å². The molecule has 3 unspecified atom stereocenters. The van der Waals surface area contributed by atoms with E-state index in [-0.39, 0.29) is 0 Å². The number of rotatable bonds is 3. The van der Waals surface area contributed by atoms with Gasteiger partial charge < -0.3 is 10.2 Å². The van der Waals surface area contributed by atoms with E-state index in [1.807, 2.05) is 0 Å². The van der Waals surface area contributed by atoms with Crippen molar-refractivity contribution in [1.29, 1.82) is 0 Å². The summed E-state index contributed by atoms with van der Waals surface area (Å²) in [5.74, 6) is 2.59. The third kappa shape index (κ3) is 2.90. The van der Waals surface area contributed by atoms with Crippen LogP contribution in [0.25, 0.3) is 0 Å². The SMILES string of the molecule is CC1CC(C)C(C)N(Cc2cc(CN)co2)C1. The summed E-state index contributed by atoms with van der Waals surface area (Å²) in [6.07, 6.45) is 3.11. The van der Waals surface area contributed by atoms with E-state index in [0.717, 1.165) is 29.7 Å². The van der Waals surface area contributed by atoms with Crippen LogP contribution < -0.4 is 5.73 Å². The molecule has 0 radical (unpaired) electrons. The second-order valence-corrected chi connectivity index (χ2v) is 5.61. The Morgan fingerprint density at radius 3 is 2.82 bits per heavy atom. The first-order valence-corrected chi connectivity index (χ1v) is 6.60. The highest BCUT2D eigenvalue weighted by Gasteiger charge is 2.29. The fraction of sp³-hybridized carbons (Fsp3) is 0.714. The molecular weight excluding hydrogens is 212 g/mol. The summed E-state index contributed by atoms with van der Waals surface area (Å²) in [4.78, 5) is 2.53. The van der Waals surface area contributed by atoms with Gasteiger partial charge in [-0.05, 0) is 31.2 Å². The van der Waals surface area contributed by atoms with E-state index >= 15 is 0 Å². The lowest BCUT2D eigenvalue weighted by Gasteiger charge is -2.40. The van der Waals surface area contributed by atoms with Crippen LogP contribution >= 0.6 is 0 Å². The molecule has 0 saturated carbocycles. The molecule has 1 aromatic rings. The first kappa shape index (κ1) is 12.7. The molecule has 2 heterocycles. The Hall–Kier alpha value is -0.800. The number of hydrogen-bond donors (Lipinski definition) is 1. The highest BCUT2D eigenvalue weighted by atomic mass is 16.3. The van der Waals surface area contributed by atoms with Crippen molar-refractivity contribution in [3.05, 3.63) is 23.7 Å². The monoisotopic (exact) mass is 236 g/mol. The Bertz CT molecular complexity index is 361. The molecule has 2 rings (SSSR count). The summed E-state index contributed by atoms with van der Waals surface area (Å²) in [5.41, 5.74) is 6.68. The van der Waals surface area contributed by atoms with Gasteiger partial charge in [0.15, 0.2) is 0 Å². The molecule has 3 atom stereocenters. The van der Waals surface area contributed by atoms with Gasteiger partial charge >= 0.3 is 0 Å². The van der Waals surface area contributed by atoms with E-state index in [1.54, 1.807) is 6.26 Å². The zero-order chi connectivity index (χ0) is 12.4. The van der Waals surface area contributed by atoms with Crippen LogP contribution in [0.15, 0.2) is 16.7 Å². The Morgan fingerprint density at radius 1 is 1.41 bits per heavy atom. The van der Waals surface area contributed by atoms with E-state index < -0.39 is 0 Å². The van der Waals surface area contributed by atoms with E-state index in [1.165, 1.54) is 13.0 Å². The van der Waals surface area contributed by atoms with Gasteiger partial charge in [-0.3, -0.25) is 4.90 Å². The van der Waals surface area contributed by atoms with E-state index in [4.69, 9.17) is 10.2 Å². The van der Waals surface area contributed by atoms with Crippen LogP contribution in [-0.4, -0.2) is 17.5 Å². The normalized spacial score (nSPS) is 30.7. The molecule has 2 N–H and O–H groups in total. The molecule has 1 aromatic heterocycles. The summed E-state index contributed by atoms with van der Waals surface area (Å²) in [6.45, 7) is 9.65. The van der Waals surface area contributed by atoms with Crippen molar-refractivity contribution in [2.75, 3.05) is 6.54 Å². The van der Waals surface area contributed by atoms with Crippen LogP contribution in [0.5, 0.6) is 0 Å². The minimum Gasteiger partial charge on any atom is -0.468 e. The minimum atomic E-state index is 0.561. The average molecular weight is 236 g/mol. The van der Waals surface area contributed by atoms with Gasteiger partial charge in [-0.25, -0.2) is 0 Å². The van der Waals surface area contributed by atoms with Gasteiger partial charge in [-0.1, -0.05) is 13.8 Å². The van der Waals surface area contributed by atoms with Crippen molar-refractivity contribution >= 4 is 0 Å². The highest BCUT2D eigenvalue weighted by Crippen LogP contribution is 2.28. The summed E-state index contributed by atoms with van der Waals surface area (Å²) in [6, 6.07) is 2.72. The molecule has 0 spiro atoms. The molecular formula is C14H24N2O. The molecule has 1 fully saturated rings. The van der Waals surface area contributed by atoms with Gasteiger partial charge in [0.25, 0.3) is 0 Å². The molecule has 3 nitrogen and oxygen atoms in total. The number of hydrogen-bond acceptors (Lipinski definition) is 3. The largest absolute Gasteiger partial charge is 0.468 e. The van der Waals surface area contributed by atoms with Gasteiger partial charge in [-0.2, -0.15) is 0 Å². The third-order valence-corrected chi connectivity index (χ3v) is 4.02. The number of piperidine rings is 1. The molecule has 96 valence electrons. The Labute approximate surface area is 104 Å². The lowest BCUT2D eigenvalue weighted by atomic mass is 9.86. The second-order valence-electron chi connectivity index (χ2n) is 5.61. The van der Waals surface area contributed by atoms with Crippen molar-refractivity contribution in [3.63, 3.8) is 0 Å². The van der Waals surface area contributed by atoms with Crippen LogP contribution in [0, 0.1) is 11.8 Å². The van der Waals surface area contributed by atoms with Gasteiger partial charge in [0.1, 0.15) is 5.76 Å². The topological polar surface area (TPSA) is 42.4 Å². The molecule has 0 amide bonds. The summed E-state index contributed by atoms with van der Waals surface area (Å²) >= 11 is 0. The fourth-order valence-electron chi connectivity index (χ4n) is 2.86. The first-order chi connectivity index (χ1) is 8.10. The molecule has 3 heteroatoms. The molecule has 0 aromatic carbocycles. The maximum atomic E-state index is 5.59. The van der Waals surface area contributed by atoms with Crippen molar-refractivity contribution in [1.82, 2.24) is 4.90 Å². The van der Waals surface area contributed by atoms with Crippen molar-refractivity contribution in [2.24, 2.45) is 17.6 Å². The molecule has 17 heavy (non-hydrogen) atoms. The third-order valence-electron chi connectivity index (χ3n) is 4.02. The molecule has 0 aliphatic carbocycles. The quantitative estimate of drug-likeness (QED) is 0.877. The van der Waals surface area contributed by atoms with Crippen molar-refractivity contribution < 1.29 is 4.42 Å². The Kier molecular flexibility index (Phi) is 3.89. The maximum absolute atomic E-state index is 5.59. The number of likely N-dealkylation sites (tertiary alicyclic amines) is 1. The van der Waals surface area contributed by atoms with E-state index in [9.17, 15) is 0 Å². The summed E-state index contributed by atoms with van der Waals surface area (Å²) in [5, 5.41) is 0. The molecule has 1 aliphatic rings. The average Bonchev–Trinajstić information content (AvgIpc) is 2.73. The maximum Gasteiger partial charge on any atom is 0.118 e. The van der Waals surface area contributed by atoms with E-state index in [2.05, 4.69) is 31.7 Å². The zero-order valence-electron chi connectivity index (χ0n) is 11.1. The second kappa shape index (κ2) is 5.23. The van der Waals surface area contributed by atoms with Crippen molar-refractivity contribution in [3.8, 4) is 0 Å². The lowest BCUT2D eigenvalue weighted by Crippen LogP contribution is -2.45. The van der Waals surface area contributed by atoms with Gasteiger partial charge in [0, 0.05) is 24.7 Å². The summed E-state index contributed by atoms with van der Waals surface area (Å²) < 4.78 is 5.56. The highest BCUT2D eigenvalue weighted by molar-refractivity contribution is 5.12. The van der Waals surface area contributed by atoms with Crippen LogP contribution in [0.1, 0.15) is 38.5 Å². The summed E-state index contributed by atoms with van der Waals surface area (Å²) in [7, 11) is 0.